The molecule has 0 aliphatic heterocycles. The van der Waals surface area contributed by atoms with Crippen LogP contribution in [0.5, 0.6) is 0 Å². The van der Waals surface area contributed by atoms with Gasteiger partial charge < -0.3 is 15.5 Å². The third-order valence-electron chi connectivity index (χ3n) is 3.74. The molecule has 4 nitrogen and oxygen atoms in total. The molecule has 0 bridgehead atoms. The molecule has 0 radical (unpaired) electrons. The quantitative estimate of drug-likeness (QED) is 0.343. The number of rotatable bonds is 6. The number of hydrogen-bond acceptors (Lipinski definition) is 2. The predicted octanol–water partition coefficient (Wildman–Crippen LogP) is 4.54. The molecule has 2 aromatic carbocycles. The first-order valence-electron chi connectivity index (χ1n) is 8.09. The van der Waals surface area contributed by atoms with Gasteiger partial charge in [0.05, 0.1) is 0 Å². The minimum absolute atomic E-state index is 0. The SMILES string of the molecule is CN=C(NCc1ccc(Cl)cc1Cl)NCc1ccccc1CN(C)C.I. The van der Waals surface area contributed by atoms with Crippen molar-refractivity contribution in [3.63, 3.8) is 0 Å². The van der Waals surface area contributed by atoms with E-state index in [0.717, 1.165) is 18.1 Å². The molecule has 26 heavy (non-hydrogen) atoms. The van der Waals surface area contributed by atoms with Crippen LogP contribution in [0.25, 0.3) is 0 Å². The van der Waals surface area contributed by atoms with Gasteiger partial charge in [0.25, 0.3) is 0 Å². The highest BCUT2D eigenvalue weighted by Crippen LogP contribution is 2.20. The molecule has 0 unspecified atom stereocenters. The Morgan fingerprint density at radius 2 is 1.58 bits per heavy atom. The zero-order valence-electron chi connectivity index (χ0n) is 15.2. The van der Waals surface area contributed by atoms with Crippen molar-refractivity contribution in [3.05, 3.63) is 69.2 Å². The topological polar surface area (TPSA) is 39.7 Å². The van der Waals surface area contributed by atoms with Gasteiger partial charge in [-0.1, -0.05) is 53.5 Å². The molecule has 2 aromatic rings. The number of hydrogen-bond donors (Lipinski definition) is 2. The second-order valence-electron chi connectivity index (χ2n) is 6.02. The largest absolute Gasteiger partial charge is 0.352 e. The smallest absolute Gasteiger partial charge is 0.191 e. The fourth-order valence-corrected chi connectivity index (χ4v) is 2.94. The Morgan fingerprint density at radius 1 is 0.962 bits per heavy atom. The summed E-state index contributed by atoms with van der Waals surface area (Å²) in [5.41, 5.74) is 3.53. The third-order valence-corrected chi connectivity index (χ3v) is 4.32. The summed E-state index contributed by atoms with van der Waals surface area (Å²) in [4.78, 5) is 6.43. The van der Waals surface area contributed by atoms with E-state index in [4.69, 9.17) is 23.2 Å². The molecule has 0 atom stereocenters. The van der Waals surface area contributed by atoms with Gasteiger partial charge in [0.2, 0.25) is 0 Å². The molecular formula is C19H25Cl2IN4. The maximum absolute atomic E-state index is 6.21. The molecule has 7 heteroatoms. The molecule has 142 valence electrons. The van der Waals surface area contributed by atoms with E-state index in [-0.39, 0.29) is 24.0 Å². The zero-order valence-corrected chi connectivity index (χ0v) is 19.1. The summed E-state index contributed by atoms with van der Waals surface area (Å²) < 4.78 is 0. The van der Waals surface area contributed by atoms with Crippen molar-refractivity contribution in [2.75, 3.05) is 21.1 Å². The molecule has 0 amide bonds. The maximum atomic E-state index is 6.21. The van der Waals surface area contributed by atoms with Gasteiger partial charge in [-0.25, -0.2) is 0 Å². The molecule has 2 rings (SSSR count). The monoisotopic (exact) mass is 506 g/mol. The molecule has 0 spiro atoms. The molecule has 0 heterocycles. The van der Waals surface area contributed by atoms with Crippen LogP contribution in [0.4, 0.5) is 0 Å². The molecule has 0 aliphatic carbocycles. The fourth-order valence-electron chi connectivity index (χ4n) is 2.47. The summed E-state index contributed by atoms with van der Waals surface area (Å²) in [5.74, 6) is 0.727. The van der Waals surface area contributed by atoms with Gasteiger partial charge in [-0.2, -0.15) is 0 Å². The van der Waals surface area contributed by atoms with Crippen molar-refractivity contribution in [2.45, 2.75) is 19.6 Å². The Labute approximate surface area is 183 Å². The first kappa shape index (κ1) is 23.0. The lowest BCUT2D eigenvalue weighted by Gasteiger charge is -2.16. The van der Waals surface area contributed by atoms with Crippen molar-refractivity contribution in [1.29, 1.82) is 0 Å². The summed E-state index contributed by atoms with van der Waals surface area (Å²) in [7, 11) is 5.89. The number of nitrogens with zero attached hydrogens (tertiary/aromatic N) is 2. The minimum Gasteiger partial charge on any atom is -0.352 e. The van der Waals surface area contributed by atoms with Crippen molar-refractivity contribution in [3.8, 4) is 0 Å². The van der Waals surface area contributed by atoms with Crippen LogP contribution in [-0.4, -0.2) is 32.0 Å². The van der Waals surface area contributed by atoms with Crippen molar-refractivity contribution < 1.29 is 0 Å². The molecule has 2 N–H and O–H groups in total. The fraction of sp³-hybridized carbons (Fsp3) is 0.316. The van der Waals surface area contributed by atoms with Crippen LogP contribution in [0.2, 0.25) is 10.0 Å². The minimum atomic E-state index is 0. The first-order chi connectivity index (χ1) is 12.0. The number of aliphatic imine (C=N–C) groups is 1. The van der Waals surface area contributed by atoms with Crippen LogP contribution < -0.4 is 10.6 Å². The third kappa shape index (κ3) is 7.31. The predicted molar refractivity (Wildman–Crippen MR) is 123 cm³/mol. The summed E-state index contributed by atoms with van der Waals surface area (Å²) in [6, 6.07) is 13.9. The van der Waals surface area contributed by atoms with Gasteiger partial charge in [-0.05, 0) is 42.9 Å². The molecular weight excluding hydrogens is 482 g/mol. The summed E-state index contributed by atoms with van der Waals surface area (Å²) in [6.07, 6.45) is 0. The van der Waals surface area contributed by atoms with Crippen LogP contribution in [0, 0.1) is 0 Å². The normalized spacial score (nSPS) is 11.2. The van der Waals surface area contributed by atoms with Crippen LogP contribution in [0.15, 0.2) is 47.5 Å². The Kier molecular flexibility index (Phi) is 10.3. The van der Waals surface area contributed by atoms with Gasteiger partial charge in [0.1, 0.15) is 0 Å². The van der Waals surface area contributed by atoms with E-state index in [9.17, 15) is 0 Å². The van der Waals surface area contributed by atoms with Gasteiger partial charge in [0, 0.05) is 36.7 Å². The molecule has 0 saturated carbocycles. The van der Waals surface area contributed by atoms with E-state index < -0.39 is 0 Å². The zero-order chi connectivity index (χ0) is 18.2. The Hall–Kier alpha value is -1.02. The van der Waals surface area contributed by atoms with E-state index in [1.165, 1.54) is 11.1 Å². The van der Waals surface area contributed by atoms with Gasteiger partial charge in [-0.3, -0.25) is 4.99 Å². The average Bonchev–Trinajstić information content (AvgIpc) is 2.57. The number of benzene rings is 2. The first-order valence-corrected chi connectivity index (χ1v) is 8.85. The van der Waals surface area contributed by atoms with Crippen LogP contribution in [-0.2, 0) is 19.6 Å². The number of nitrogens with one attached hydrogen (secondary N) is 2. The van der Waals surface area contributed by atoms with E-state index in [1.807, 2.05) is 12.1 Å². The standard InChI is InChI=1S/C19H24Cl2N4.HI/c1-22-19(24-12-15-8-9-17(20)10-18(15)21)23-11-14-6-4-5-7-16(14)13-25(2)3;/h4-10H,11-13H2,1-3H3,(H2,22,23,24);1H. The van der Waals surface area contributed by atoms with E-state index in [2.05, 4.69) is 58.9 Å². The number of guanidine groups is 1. The lowest BCUT2D eigenvalue weighted by atomic mass is 10.1. The Morgan fingerprint density at radius 3 is 2.15 bits per heavy atom. The highest BCUT2D eigenvalue weighted by atomic mass is 127. The molecule has 0 fully saturated rings. The summed E-state index contributed by atoms with van der Waals surface area (Å²) in [5, 5.41) is 7.91. The molecule has 0 aromatic heterocycles. The highest BCUT2D eigenvalue weighted by molar-refractivity contribution is 14.0. The Balaban J connectivity index is 0.00000338. The second-order valence-corrected chi connectivity index (χ2v) is 6.87. The summed E-state index contributed by atoms with van der Waals surface area (Å²) in [6.45, 7) is 2.19. The van der Waals surface area contributed by atoms with Crippen LogP contribution in [0.1, 0.15) is 16.7 Å². The second kappa shape index (κ2) is 11.6. The van der Waals surface area contributed by atoms with Gasteiger partial charge in [-0.15, -0.1) is 24.0 Å². The van der Waals surface area contributed by atoms with Gasteiger partial charge in [0.15, 0.2) is 5.96 Å². The summed E-state index contributed by atoms with van der Waals surface area (Å²) >= 11 is 12.1. The lowest BCUT2D eigenvalue weighted by molar-refractivity contribution is 0.400. The molecule has 0 saturated heterocycles. The van der Waals surface area contributed by atoms with Crippen molar-refractivity contribution >= 4 is 53.1 Å². The van der Waals surface area contributed by atoms with Crippen molar-refractivity contribution in [2.24, 2.45) is 4.99 Å². The Bertz CT molecular complexity index is 735. The van der Waals surface area contributed by atoms with Crippen LogP contribution >= 0.6 is 47.2 Å². The highest BCUT2D eigenvalue weighted by Gasteiger charge is 2.06. The van der Waals surface area contributed by atoms with E-state index >= 15 is 0 Å². The maximum Gasteiger partial charge on any atom is 0.191 e. The average molecular weight is 507 g/mol. The van der Waals surface area contributed by atoms with Crippen molar-refractivity contribution in [1.82, 2.24) is 15.5 Å². The van der Waals surface area contributed by atoms with E-state index in [1.54, 1.807) is 13.1 Å². The van der Waals surface area contributed by atoms with Gasteiger partial charge >= 0.3 is 0 Å². The molecule has 0 aliphatic rings. The van der Waals surface area contributed by atoms with E-state index in [0.29, 0.717) is 23.1 Å². The number of halogens is 3. The lowest BCUT2D eigenvalue weighted by Crippen LogP contribution is -2.36. The van der Waals surface area contributed by atoms with Crippen LogP contribution in [0.3, 0.4) is 0 Å².